The van der Waals surface area contributed by atoms with Gasteiger partial charge in [-0.2, -0.15) is 0 Å². The minimum absolute atomic E-state index is 0.0285. The van der Waals surface area contributed by atoms with Gasteiger partial charge in [0.1, 0.15) is 17.1 Å². The number of nitrogens with zero attached hydrogens (tertiary/aromatic N) is 2. The Kier molecular flexibility index (Phi) is 9.90. The van der Waals surface area contributed by atoms with Gasteiger partial charge in [0.15, 0.2) is 0 Å². The van der Waals surface area contributed by atoms with Crippen molar-refractivity contribution in [3.8, 4) is 11.5 Å². The number of imide groups is 2. The third-order valence-corrected chi connectivity index (χ3v) is 11.5. The van der Waals surface area contributed by atoms with Crippen LogP contribution in [-0.4, -0.2) is 64.8 Å². The highest BCUT2D eigenvalue weighted by Gasteiger charge is 2.53. The molecule has 1 N–H and O–H groups in total. The number of likely N-dealkylation sites (tertiary alicyclic amines) is 2. The number of aliphatic hydroxyl groups is 1. The van der Waals surface area contributed by atoms with E-state index in [1.807, 2.05) is 112 Å². The molecule has 2 heterocycles. The van der Waals surface area contributed by atoms with Gasteiger partial charge in [-0.25, -0.2) is 0 Å². The molecule has 270 valence electrons. The van der Waals surface area contributed by atoms with Crippen molar-refractivity contribution in [1.29, 1.82) is 0 Å². The number of carbonyl (C=O) groups excluding carboxylic acids is 4. The fourth-order valence-corrected chi connectivity index (χ4v) is 8.73. The van der Waals surface area contributed by atoms with Crippen molar-refractivity contribution in [2.45, 2.75) is 39.2 Å². The summed E-state index contributed by atoms with van der Waals surface area (Å²) in [5.74, 6) is -0.743. The van der Waals surface area contributed by atoms with Gasteiger partial charge < -0.3 is 14.6 Å². The molecule has 9 nitrogen and oxygen atoms in total. The van der Waals surface area contributed by atoms with Gasteiger partial charge in [0.25, 0.3) is 0 Å². The maximum atomic E-state index is 13.1. The van der Waals surface area contributed by atoms with Crippen molar-refractivity contribution >= 4 is 23.6 Å². The van der Waals surface area contributed by atoms with E-state index in [-0.39, 0.29) is 65.7 Å². The zero-order valence-corrected chi connectivity index (χ0v) is 29.9. The van der Waals surface area contributed by atoms with E-state index in [2.05, 4.69) is 12.2 Å². The van der Waals surface area contributed by atoms with Gasteiger partial charge in [0, 0.05) is 19.0 Å². The molecule has 52 heavy (non-hydrogen) atoms. The van der Waals surface area contributed by atoms with Crippen molar-refractivity contribution in [3.05, 3.63) is 120 Å². The molecule has 0 aromatic heterocycles. The molecule has 4 aliphatic rings. The van der Waals surface area contributed by atoms with Crippen molar-refractivity contribution in [2.75, 3.05) is 26.3 Å². The number of allylic oxidation sites excluding steroid dienone is 3. The van der Waals surface area contributed by atoms with E-state index in [1.165, 1.54) is 9.80 Å². The largest absolute Gasteiger partial charge is 0.494 e. The number of ether oxygens (including phenoxy) is 2. The molecule has 0 spiro atoms. The van der Waals surface area contributed by atoms with Crippen molar-refractivity contribution in [2.24, 2.45) is 41.4 Å². The molecule has 3 aromatic carbocycles. The third-order valence-electron chi connectivity index (χ3n) is 11.5. The van der Waals surface area contributed by atoms with Crippen molar-refractivity contribution in [3.63, 3.8) is 0 Å². The topological polar surface area (TPSA) is 113 Å². The summed E-state index contributed by atoms with van der Waals surface area (Å²) in [6.07, 6.45) is 9.27. The van der Waals surface area contributed by atoms with Crippen LogP contribution in [0.5, 0.6) is 11.5 Å². The zero-order valence-electron chi connectivity index (χ0n) is 29.9. The molecular weight excluding hydrogens is 656 g/mol. The molecule has 7 rings (SSSR count). The van der Waals surface area contributed by atoms with Crippen LogP contribution < -0.4 is 9.47 Å². The highest BCUT2D eigenvalue weighted by atomic mass is 16.5. The van der Waals surface area contributed by atoms with Gasteiger partial charge in [-0.05, 0) is 79.5 Å². The summed E-state index contributed by atoms with van der Waals surface area (Å²) < 4.78 is 12.3. The average Bonchev–Trinajstić information content (AvgIpc) is 3.59. The fourth-order valence-electron chi connectivity index (χ4n) is 8.73. The molecule has 2 fully saturated rings. The van der Waals surface area contributed by atoms with Crippen LogP contribution in [0.3, 0.4) is 0 Å². The predicted octanol–water partition coefficient (Wildman–Crippen LogP) is 5.76. The lowest BCUT2D eigenvalue weighted by molar-refractivity contribution is -0.141. The van der Waals surface area contributed by atoms with E-state index in [0.29, 0.717) is 60.7 Å². The number of benzene rings is 3. The summed E-state index contributed by atoms with van der Waals surface area (Å²) in [6.45, 7) is 7.08. The Labute approximate surface area is 304 Å². The Morgan fingerprint density at radius 1 is 0.654 bits per heavy atom. The highest BCUT2D eigenvalue weighted by Crippen LogP contribution is 2.43. The Morgan fingerprint density at radius 3 is 1.85 bits per heavy atom. The van der Waals surface area contributed by atoms with Crippen LogP contribution in [0.1, 0.15) is 50.3 Å². The summed E-state index contributed by atoms with van der Waals surface area (Å²) in [4.78, 5) is 54.5. The van der Waals surface area contributed by atoms with Crippen LogP contribution >= 0.6 is 0 Å². The Morgan fingerprint density at radius 2 is 1.21 bits per heavy atom. The second-order valence-corrected chi connectivity index (χ2v) is 14.3. The molecule has 2 saturated heterocycles. The first kappa shape index (κ1) is 35.4. The van der Waals surface area contributed by atoms with E-state index >= 15 is 0 Å². The van der Waals surface area contributed by atoms with Gasteiger partial charge in [-0.1, -0.05) is 85.8 Å². The van der Waals surface area contributed by atoms with Crippen LogP contribution in [0.2, 0.25) is 0 Å². The Bertz CT molecular complexity index is 1870. The molecule has 0 bridgehead atoms. The van der Waals surface area contributed by atoms with Gasteiger partial charge in [-0.3, -0.25) is 29.0 Å². The summed E-state index contributed by atoms with van der Waals surface area (Å²) >= 11 is 0. The van der Waals surface area contributed by atoms with E-state index in [4.69, 9.17) is 9.47 Å². The molecule has 3 aromatic rings. The van der Waals surface area contributed by atoms with Crippen molar-refractivity contribution in [1.82, 2.24) is 9.80 Å². The van der Waals surface area contributed by atoms with Crippen LogP contribution in [0.4, 0.5) is 0 Å². The number of amides is 4. The molecular formula is C43H46N2O7. The van der Waals surface area contributed by atoms with Crippen LogP contribution in [0.25, 0.3) is 0 Å². The number of hydrogen-bond donors (Lipinski definition) is 1. The van der Waals surface area contributed by atoms with E-state index < -0.39 is 11.5 Å². The summed E-state index contributed by atoms with van der Waals surface area (Å²) in [6, 6.07) is 24.2. The van der Waals surface area contributed by atoms with E-state index in [9.17, 15) is 24.3 Å². The highest BCUT2D eigenvalue weighted by molar-refractivity contribution is 6.06. The quantitative estimate of drug-likeness (QED) is 0.145. The molecule has 8 atom stereocenters. The molecule has 2 aliphatic heterocycles. The number of rotatable bonds is 12. The monoisotopic (exact) mass is 702 g/mol. The first-order chi connectivity index (χ1) is 25.2. The summed E-state index contributed by atoms with van der Waals surface area (Å²) in [5, 5.41) is 12.5. The summed E-state index contributed by atoms with van der Waals surface area (Å²) in [5.41, 5.74) is 0.532. The molecule has 8 unspecified atom stereocenters. The minimum atomic E-state index is -1.48. The fraction of sp³-hybridized carbons (Fsp3) is 0.395. The first-order valence-electron chi connectivity index (χ1n) is 18.5. The number of fused-ring (bicyclic) bond motifs is 2. The lowest BCUT2D eigenvalue weighted by atomic mass is 9.71. The molecule has 2 aliphatic carbocycles. The third kappa shape index (κ3) is 6.15. The van der Waals surface area contributed by atoms with Crippen molar-refractivity contribution < 1.29 is 33.8 Å². The summed E-state index contributed by atoms with van der Waals surface area (Å²) in [7, 11) is 0. The standard InChI is InChI=1S/C43H46N2O7/c1-4-44-39(46)35-13-9-10-29(37(35)41(44)48)26-52-34-22-18-32(19-23-34)43(50,30-11-7-6-8-12-30)31-16-20-33(21-17-31)51-25-24-28-15-14-27(3)36-38(28)42(49)45(5-2)40(36)47/h6-12,14-23,27-29,35-38,50H,4-5,13,24-26H2,1-3H3. The van der Waals surface area contributed by atoms with E-state index in [1.54, 1.807) is 0 Å². The smallest absolute Gasteiger partial charge is 0.233 e. The maximum absolute atomic E-state index is 13.1. The molecule has 0 saturated carbocycles. The minimum Gasteiger partial charge on any atom is -0.494 e. The predicted molar refractivity (Wildman–Crippen MR) is 195 cm³/mol. The second-order valence-electron chi connectivity index (χ2n) is 14.3. The van der Waals surface area contributed by atoms with Gasteiger partial charge in [-0.15, -0.1) is 0 Å². The lowest BCUT2D eigenvalue weighted by Crippen LogP contribution is -2.33. The van der Waals surface area contributed by atoms with Crippen LogP contribution in [0.15, 0.2) is 103 Å². The Hall–Kier alpha value is -5.02. The first-order valence-corrected chi connectivity index (χ1v) is 18.5. The van der Waals surface area contributed by atoms with E-state index in [0.717, 1.165) is 0 Å². The molecule has 9 heteroatoms. The molecule has 4 amide bonds. The zero-order chi connectivity index (χ0) is 36.6. The van der Waals surface area contributed by atoms with Gasteiger partial charge >= 0.3 is 0 Å². The second kappa shape index (κ2) is 14.5. The average molecular weight is 703 g/mol. The van der Waals surface area contributed by atoms with Gasteiger partial charge in [0.2, 0.25) is 23.6 Å². The Balaban J connectivity index is 1.03. The van der Waals surface area contributed by atoms with Crippen LogP contribution in [-0.2, 0) is 24.8 Å². The normalized spacial score (nSPS) is 27.8. The lowest BCUT2D eigenvalue weighted by Gasteiger charge is -2.31. The SMILES string of the molecule is CCN1C(=O)C2CC=CC(COc3ccc(C(O)(c4ccccc4)c4ccc(OCCC5C=CC(C)C6C(=O)N(CC)C(=O)C56)cc4)cc3)C2C1=O. The number of carbonyl (C=O) groups is 4. The number of hydrogen-bond acceptors (Lipinski definition) is 7. The molecule has 0 radical (unpaired) electrons. The van der Waals surface area contributed by atoms with Gasteiger partial charge in [0.05, 0.1) is 36.9 Å². The maximum Gasteiger partial charge on any atom is 0.233 e. The van der Waals surface area contributed by atoms with Crippen LogP contribution in [0, 0.1) is 41.4 Å².